The Hall–Kier alpha value is -1.09. The van der Waals surface area contributed by atoms with Crippen LogP contribution in [0.4, 0.5) is 0 Å². The van der Waals surface area contributed by atoms with Gasteiger partial charge in [-0.25, -0.2) is 4.98 Å². The summed E-state index contributed by atoms with van der Waals surface area (Å²) >= 11 is 4.13. The molecule has 0 spiro atoms. The highest BCUT2D eigenvalue weighted by atomic mass is 32.1. The summed E-state index contributed by atoms with van der Waals surface area (Å²) in [7, 11) is 0. The van der Waals surface area contributed by atoms with Crippen molar-refractivity contribution in [1.82, 2.24) is 9.97 Å². The van der Waals surface area contributed by atoms with E-state index in [-0.39, 0.29) is 0 Å². The van der Waals surface area contributed by atoms with Gasteiger partial charge in [0.15, 0.2) is 0 Å². The van der Waals surface area contributed by atoms with Gasteiger partial charge in [0.1, 0.15) is 0 Å². The Morgan fingerprint density at radius 3 is 3.00 bits per heavy atom. The molecule has 0 bridgehead atoms. The molecule has 0 aliphatic rings. The zero-order valence-corrected chi connectivity index (χ0v) is 6.62. The van der Waals surface area contributed by atoms with E-state index < -0.39 is 0 Å². The molecular formula is C8H6N2S. The molecule has 2 nitrogen and oxygen atoms in total. The summed E-state index contributed by atoms with van der Waals surface area (Å²) in [5, 5.41) is 2.91. The largest absolute Gasteiger partial charge is 0.264 e. The van der Waals surface area contributed by atoms with Crippen molar-refractivity contribution in [1.29, 1.82) is 0 Å². The van der Waals surface area contributed by atoms with Crippen molar-refractivity contribution in [2.75, 3.05) is 0 Å². The lowest BCUT2D eigenvalue weighted by Gasteiger charge is -1.94. The van der Waals surface area contributed by atoms with Crippen molar-refractivity contribution in [3.05, 3.63) is 30.7 Å². The minimum absolute atomic E-state index is 0.740. The van der Waals surface area contributed by atoms with E-state index in [0.717, 1.165) is 15.8 Å². The summed E-state index contributed by atoms with van der Waals surface area (Å²) in [5.41, 5.74) is 0. The predicted molar refractivity (Wildman–Crippen MR) is 46.8 cm³/mol. The van der Waals surface area contributed by atoms with Crippen LogP contribution in [-0.4, -0.2) is 9.97 Å². The first-order valence-corrected chi connectivity index (χ1v) is 3.70. The Labute approximate surface area is 69.7 Å². The van der Waals surface area contributed by atoms with Crippen molar-refractivity contribution in [2.45, 2.75) is 5.03 Å². The van der Waals surface area contributed by atoms with E-state index in [4.69, 9.17) is 0 Å². The van der Waals surface area contributed by atoms with Crippen molar-refractivity contribution in [3.8, 4) is 0 Å². The minimum Gasteiger partial charge on any atom is -0.264 e. The second-order valence-corrected chi connectivity index (χ2v) is 2.72. The van der Waals surface area contributed by atoms with Crippen LogP contribution in [0.2, 0.25) is 0 Å². The molecule has 0 aromatic carbocycles. The molecule has 2 rings (SSSR count). The first-order valence-electron chi connectivity index (χ1n) is 3.25. The van der Waals surface area contributed by atoms with Gasteiger partial charge in [0, 0.05) is 24.0 Å². The average Bonchev–Trinajstić information content (AvgIpc) is 2.04. The summed E-state index contributed by atoms with van der Waals surface area (Å²) in [5.74, 6) is 0. The maximum absolute atomic E-state index is 4.13. The van der Waals surface area contributed by atoms with E-state index >= 15 is 0 Å². The van der Waals surface area contributed by atoms with Crippen LogP contribution in [0.5, 0.6) is 0 Å². The van der Waals surface area contributed by atoms with Crippen LogP contribution in [0.25, 0.3) is 10.8 Å². The SMILES string of the molecule is Sc1cc2ccncc2cn1. The van der Waals surface area contributed by atoms with Crippen molar-refractivity contribution >= 4 is 23.4 Å². The highest BCUT2D eigenvalue weighted by Gasteiger charge is 1.92. The number of thiol groups is 1. The Balaban J connectivity index is 2.83. The molecular weight excluding hydrogens is 156 g/mol. The van der Waals surface area contributed by atoms with Crippen molar-refractivity contribution < 1.29 is 0 Å². The van der Waals surface area contributed by atoms with Crippen LogP contribution in [0.15, 0.2) is 35.7 Å². The summed E-state index contributed by atoms with van der Waals surface area (Å²) < 4.78 is 0. The van der Waals surface area contributed by atoms with Crippen LogP contribution >= 0.6 is 12.6 Å². The first kappa shape index (κ1) is 6.61. The standard InChI is InChI=1S/C8H6N2S/c11-8-3-6-1-2-9-4-7(6)5-10-8/h1-5H,(H,10,11). The van der Waals surface area contributed by atoms with Gasteiger partial charge in [0.05, 0.1) is 5.03 Å². The highest BCUT2D eigenvalue weighted by Crippen LogP contribution is 2.13. The molecule has 0 aliphatic heterocycles. The second-order valence-electron chi connectivity index (χ2n) is 2.27. The maximum atomic E-state index is 4.13. The van der Waals surface area contributed by atoms with E-state index in [0.29, 0.717) is 0 Å². The zero-order valence-electron chi connectivity index (χ0n) is 5.73. The number of aromatic nitrogens is 2. The third-order valence-electron chi connectivity index (χ3n) is 1.51. The molecule has 11 heavy (non-hydrogen) atoms. The van der Waals surface area contributed by atoms with Gasteiger partial charge in [-0.3, -0.25) is 4.98 Å². The molecule has 2 aromatic heterocycles. The fraction of sp³-hybridized carbons (Fsp3) is 0. The molecule has 54 valence electrons. The molecule has 2 aromatic rings. The van der Waals surface area contributed by atoms with Crippen LogP contribution in [0, 0.1) is 0 Å². The molecule has 0 amide bonds. The topological polar surface area (TPSA) is 25.8 Å². The lowest BCUT2D eigenvalue weighted by atomic mass is 10.2. The molecule has 3 heteroatoms. The van der Waals surface area contributed by atoms with Crippen LogP contribution in [0.3, 0.4) is 0 Å². The van der Waals surface area contributed by atoms with Gasteiger partial charge in [-0.2, -0.15) is 0 Å². The molecule has 0 N–H and O–H groups in total. The van der Waals surface area contributed by atoms with Crippen molar-refractivity contribution in [3.63, 3.8) is 0 Å². The molecule has 0 unspecified atom stereocenters. The lowest BCUT2D eigenvalue weighted by Crippen LogP contribution is -1.78. The van der Waals surface area contributed by atoms with E-state index in [1.807, 2.05) is 12.1 Å². The Morgan fingerprint density at radius 1 is 1.18 bits per heavy atom. The van der Waals surface area contributed by atoms with Gasteiger partial charge < -0.3 is 0 Å². The fourth-order valence-electron chi connectivity index (χ4n) is 0.969. The minimum atomic E-state index is 0.740. The monoisotopic (exact) mass is 162 g/mol. The van der Waals surface area contributed by atoms with Crippen LogP contribution in [-0.2, 0) is 0 Å². The second kappa shape index (κ2) is 2.51. The average molecular weight is 162 g/mol. The smallest absolute Gasteiger partial charge is 0.0935 e. The first-order chi connectivity index (χ1) is 5.36. The predicted octanol–water partition coefficient (Wildman–Crippen LogP) is 1.92. The highest BCUT2D eigenvalue weighted by molar-refractivity contribution is 7.80. The normalized spacial score (nSPS) is 10.3. The van der Waals surface area contributed by atoms with Crippen molar-refractivity contribution in [2.24, 2.45) is 0 Å². The zero-order chi connectivity index (χ0) is 7.68. The number of pyridine rings is 2. The van der Waals surface area contributed by atoms with Gasteiger partial charge in [0.2, 0.25) is 0 Å². The number of hydrogen-bond donors (Lipinski definition) is 1. The Morgan fingerprint density at radius 2 is 2.09 bits per heavy atom. The summed E-state index contributed by atoms with van der Waals surface area (Å²) in [6.07, 6.45) is 5.32. The number of hydrogen-bond acceptors (Lipinski definition) is 3. The Bertz CT molecular complexity index is 387. The molecule has 0 fully saturated rings. The van der Waals surface area contributed by atoms with Gasteiger partial charge >= 0.3 is 0 Å². The van der Waals surface area contributed by atoms with E-state index in [9.17, 15) is 0 Å². The summed E-state index contributed by atoms with van der Waals surface area (Å²) in [4.78, 5) is 8.01. The third-order valence-corrected chi connectivity index (χ3v) is 1.75. The van der Waals surface area contributed by atoms with E-state index in [2.05, 4.69) is 22.6 Å². The van der Waals surface area contributed by atoms with Gasteiger partial charge in [-0.05, 0) is 17.5 Å². The van der Waals surface area contributed by atoms with Gasteiger partial charge in [-0.1, -0.05) is 0 Å². The Kier molecular flexibility index (Phi) is 1.51. The maximum Gasteiger partial charge on any atom is 0.0935 e. The quantitative estimate of drug-likeness (QED) is 0.599. The number of nitrogens with zero attached hydrogens (tertiary/aromatic N) is 2. The molecule has 0 saturated carbocycles. The van der Waals surface area contributed by atoms with E-state index in [1.165, 1.54) is 0 Å². The molecule has 0 atom stereocenters. The molecule has 2 heterocycles. The number of rotatable bonds is 0. The fourth-order valence-corrected chi connectivity index (χ4v) is 1.17. The third kappa shape index (κ3) is 1.19. The lowest BCUT2D eigenvalue weighted by molar-refractivity contribution is 1.16. The van der Waals surface area contributed by atoms with Gasteiger partial charge in [-0.15, -0.1) is 12.6 Å². The molecule has 0 saturated heterocycles. The van der Waals surface area contributed by atoms with Gasteiger partial charge in [0.25, 0.3) is 0 Å². The summed E-state index contributed by atoms with van der Waals surface area (Å²) in [6.45, 7) is 0. The summed E-state index contributed by atoms with van der Waals surface area (Å²) in [6, 6.07) is 3.86. The molecule has 0 aliphatic carbocycles. The number of fused-ring (bicyclic) bond motifs is 1. The molecule has 0 radical (unpaired) electrons. The van der Waals surface area contributed by atoms with Crippen LogP contribution < -0.4 is 0 Å². The van der Waals surface area contributed by atoms with E-state index in [1.54, 1.807) is 18.6 Å². The van der Waals surface area contributed by atoms with Crippen LogP contribution in [0.1, 0.15) is 0 Å².